The Labute approximate surface area is 206 Å². The summed E-state index contributed by atoms with van der Waals surface area (Å²) in [6, 6.07) is 4.18. The quantitative estimate of drug-likeness (QED) is 0.480. The molecule has 5 rings (SSSR count). The number of anilines is 2. The lowest BCUT2D eigenvalue weighted by Crippen LogP contribution is -2.45. The summed E-state index contributed by atoms with van der Waals surface area (Å²) in [5.41, 5.74) is 3.06. The van der Waals surface area contributed by atoms with E-state index in [-0.39, 0.29) is 17.8 Å². The molecule has 8 nitrogen and oxygen atoms in total. The molecular formula is C27H34N6O2. The molecule has 1 unspecified atom stereocenters. The summed E-state index contributed by atoms with van der Waals surface area (Å²) in [6.45, 7) is 9.29. The minimum Gasteiger partial charge on any atom is -0.494 e. The van der Waals surface area contributed by atoms with E-state index in [2.05, 4.69) is 32.8 Å². The fraction of sp³-hybridized carbons (Fsp3) is 0.481. The minimum atomic E-state index is -0.0698. The zero-order valence-electron chi connectivity index (χ0n) is 20.7. The van der Waals surface area contributed by atoms with Crippen LogP contribution in [0.15, 0.2) is 42.1 Å². The van der Waals surface area contributed by atoms with Crippen molar-refractivity contribution in [3.63, 3.8) is 0 Å². The van der Waals surface area contributed by atoms with E-state index in [1.54, 1.807) is 6.20 Å². The van der Waals surface area contributed by atoms with Crippen molar-refractivity contribution >= 4 is 28.4 Å². The molecule has 0 spiro atoms. The van der Waals surface area contributed by atoms with Gasteiger partial charge in [0.15, 0.2) is 0 Å². The monoisotopic (exact) mass is 474 g/mol. The molecule has 1 aliphatic carbocycles. The average Bonchev–Trinajstić information content (AvgIpc) is 3.40. The molecule has 0 amide bonds. The first kappa shape index (κ1) is 23.3. The summed E-state index contributed by atoms with van der Waals surface area (Å²) in [4.78, 5) is 30.0. The molecule has 35 heavy (non-hydrogen) atoms. The second kappa shape index (κ2) is 10.1. The van der Waals surface area contributed by atoms with Crippen LogP contribution in [0.3, 0.4) is 0 Å². The molecule has 3 aromatic rings. The van der Waals surface area contributed by atoms with Crippen molar-refractivity contribution in [2.75, 3.05) is 23.4 Å². The van der Waals surface area contributed by atoms with Crippen molar-refractivity contribution in [2.24, 2.45) is 0 Å². The molecule has 0 radical (unpaired) electrons. The van der Waals surface area contributed by atoms with Crippen LogP contribution in [0.25, 0.3) is 16.8 Å². The first-order valence-electron chi connectivity index (χ1n) is 12.8. The van der Waals surface area contributed by atoms with Crippen LogP contribution in [0.1, 0.15) is 69.0 Å². The summed E-state index contributed by atoms with van der Waals surface area (Å²) in [7, 11) is 0. The largest absolute Gasteiger partial charge is 0.494 e. The molecule has 2 aliphatic rings. The SMILES string of the molecule is C=C(OCC)c1c(C)c2cnc(NC3CCCCN3c3cccnc3)nc2n(C2CCCC2)c1=O. The van der Waals surface area contributed by atoms with Crippen LogP contribution in [0, 0.1) is 6.92 Å². The fourth-order valence-electron chi connectivity index (χ4n) is 5.54. The third kappa shape index (κ3) is 4.49. The lowest BCUT2D eigenvalue weighted by Gasteiger charge is -2.37. The lowest BCUT2D eigenvalue weighted by molar-refractivity contribution is 0.298. The number of fused-ring (bicyclic) bond motifs is 1. The second-order valence-electron chi connectivity index (χ2n) is 9.46. The van der Waals surface area contributed by atoms with Crippen LogP contribution in [0.2, 0.25) is 0 Å². The molecule has 8 heteroatoms. The Morgan fingerprint density at radius 1 is 1.20 bits per heavy atom. The van der Waals surface area contributed by atoms with Crippen molar-refractivity contribution in [2.45, 2.75) is 71.0 Å². The minimum absolute atomic E-state index is 0.0650. The Balaban J connectivity index is 1.57. The summed E-state index contributed by atoms with van der Waals surface area (Å²) in [6.07, 6.45) is 13.0. The lowest BCUT2D eigenvalue weighted by atomic mass is 10.0. The maximum absolute atomic E-state index is 13.8. The third-order valence-corrected chi connectivity index (χ3v) is 7.27. The molecule has 4 heterocycles. The Bertz CT molecular complexity index is 1270. The smallest absolute Gasteiger partial charge is 0.263 e. The van der Waals surface area contributed by atoms with Crippen molar-refractivity contribution < 1.29 is 4.74 Å². The van der Waals surface area contributed by atoms with Gasteiger partial charge >= 0.3 is 0 Å². The zero-order chi connectivity index (χ0) is 24.4. The van der Waals surface area contributed by atoms with Crippen molar-refractivity contribution in [1.82, 2.24) is 19.5 Å². The fourth-order valence-corrected chi connectivity index (χ4v) is 5.54. The van der Waals surface area contributed by atoms with Gasteiger partial charge in [-0.2, -0.15) is 4.98 Å². The van der Waals surface area contributed by atoms with Gasteiger partial charge in [-0.25, -0.2) is 4.98 Å². The Hall–Kier alpha value is -3.42. The molecule has 1 saturated carbocycles. The number of ether oxygens (including phenoxy) is 1. The van der Waals surface area contributed by atoms with Gasteiger partial charge < -0.3 is 15.0 Å². The molecule has 2 fully saturated rings. The van der Waals surface area contributed by atoms with E-state index < -0.39 is 0 Å². The molecule has 1 N–H and O–H groups in total. The summed E-state index contributed by atoms with van der Waals surface area (Å²) in [5.74, 6) is 0.959. The molecular weight excluding hydrogens is 440 g/mol. The molecule has 3 aromatic heterocycles. The number of nitrogens with one attached hydrogen (secondary N) is 1. The van der Waals surface area contributed by atoms with Gasteiger partial charge in [0, 0.05) is 30.4 Å². The average molecular weight is 475 g/mol. The molecule has 184 valence electrons. The van der Waals surface area contributed by atoms with Crippen LogP contribution < -0.4 is 15.8 Å². The van der Waals surface area contributed by atoms with Gasteiger partial charge in [0.2, 0.25) is 5.95 Å². The maximum Gasteiger partial charge on any atom is 0.263 e. The van der Waals surface area contributed by atoms with Crippen LogP contribution in [-0.2, 0) is 4.74 Å². The van der Waals surface area contributed by atoms with E-state index >= 15 is 0 Å². The van der Waals surface area contributed by atoms with Crippen molar-refractivity contribution in [1.29, 1.82) is 0 Å². The van der Waals surface area contributed by atoms with Gasteiger partial charge in [-0.15, -0.1) is 0 Å². The number of aromatic nitrogens is 4. The van der Waals surface area contributed by atoms with E-state index in [1.165, 1.54) is 0 Å². The summed E-state index contributed by atoms with van der Waals surface area (Å²) in [5, 5.41) is 4.42. The van der Waals surface area contributed by atoms with Crippen molar-refractivity contribution in [3.05, 3.63) is 58.8 Å². The zero-order valence-corrected chi connectivity index (χ0v) is 20.7. The topological polar surface area (TPSA) is 85.2 Å². The molecule has 1 atom stereocenters. The number of hydrogen-bond acceptors (Lipinski definition) is 7. The highest BCUT2D eigenvalue weighted by molar-refractivity contribution is 5.84. The molecule has 1 saturated heterocycles. The predicted octanol–water partition coefficient (Wildman–Crippen LogP) is 5.05. The number of piperidine rings is 1. The van der Waals surface area contributed by atoms with Gasteiger partial charge in [0.25, 0.3) is 5.56 Å². The first-order chi connectivity index (χ1) is 17.1. The standard InChI is InChI=1S/C27H34N6O2/c1-4-35-19(3)24-18(2)22-17-29-27(31-25(22)33(26(24)34)20-10-5-6-11-20)30-23-13-7-8-15-32(23)21-12-9-14-28-16-21/h9,12,14,16-17,20,23H,3-8,10-11,13,15H2,1-2H3,(H,29,30,31). The summed E-state index contributed by atoms with van der Waals surface area (Å²) < 4.78 is 7.54. The van der Waals surface area contributed by atoms with E-state index in [9.17, 15) is 4.79 Å². The van der Waals surface area contributed by atoms with Crippen LogP contribution in [-0.4, -0.2) is 38.8 Å². The maximum atomic E-state index is 13.8. The Morgan fingerprint density at radius 3 is 2.74 bits per heavy atom. The molecule has 0 aromatic carbocycles. The Morgan fingerprint density at radius 2 is 2.00 bits per heavy atom. The number of hydrogen-bond donors (Lipinski definition) is 1. The summed E-state index contributed by atoms with van der Waals surface area (Å²) >= 11 is 0. The van der Waals surface area contributed by atoms with E-state index in [1.807, 2.05) is 36.9 Å². The number of rotatable bonds is 7. The van der Waals surface area contributed by atoms with Gasteiger partial charge in [0.05, 0.1) is 24.1 Å². The molecule has 1 aliphatic heterocycles. The third-order valence-electron chi connectivity index (χ3n) is 7.27. The highest BCUT2D eigenvalue weighted by atomic mass is 16.5. The second-order valence-corrected chi connectivity index (χ2v) is 9.46. The van der Waals surface area contributed by atoms with Gasteiger partial charge in [-0.1, -0.05) is 19.4 Å². The Kier molecular flexibility index (Phi) is 6.70. The predicted molar refractivity (Wildman–Crippen MR) is 140 cm³/mol. The van der Waals surface area contributed by atoms with E-state index in [0.29, 0.717) is 29.5 Å². The van der Waals surface area contributed by atoms with Crippen molar-refractivity contribution in [3.8, 4) is 0 Å². The highest BCUT2D eigenvalue weighted by Gasteiger charge is 2.27. The van der Waals surface area contributed by atoms with Crippen LogP contribution >= 0.6 is 0 Å². The van der Waals surface area contributed by atoms with Crippen LogP contribution in [0.4, 0.5) is 11.6 Å². The normalized spacial score (nSPS) is 18.7. The number of aryl methyl sites for hydroxylation is 1. The van der Waals surface area contributed by atoms with E-state index in [0.717, 1.165) is 68.1 Å². The van der Waals surface area contributed by atoms with Crippen LogP contribution in [0.5, 0.6) is 0 Å². The van der Waals surface area contributed by atoms with Gasteiger partial charge in [-0.3, -0.25) is 14.3 Å². The van der Waals surface area contributed by atoms with E-state index in [4.69, 9.17) is 9.72 Å². The highest BCUT2D eigenvalue weighted by Crippen LogP contribution is 2.33. The first-order valence-corrected chi connectivity index (χ1v) is 12.8. The molecule has 0 bridgehead atoms. The van der Waals surface area contributed by atoms with Gasteiger partial charge in [0.1, 0.15) is 17.6 Å². The number of pyridine rings is 2. The number of nitrogens with zero attached hydrogens (tertiary/aromatic N) is 5. The van der Waals surface area contributed by atoms with Gasteiger partial charge in [-0.05, 0) is 63.6 Å².